The maximum absolute atomic E-state index is 10.7. The lowest BCUT2D eigenvalue weighted by molar-refractivity contribution is 0.153. The lowest BCUT2D eigenvalue weighted by Gasteiger charge is -2.10. The minimum atomic E-state index is -0.519. The van der Waals surface area contributed by atoms with E-state index in [-0.39, 0.29) is 6.61 Å². The second kappa shape index (κ2) is 4.08. The van der Waals surface area contributed by atoms with Gasteiger partial charge in [-0.25, -0.2) is 4.79 Å². The van der Waals surface area contributed by atoms with Crippen molar-refractivity contribution in [3.8, 4) is 0 Å². The van der Waals surface area contributed by atoms with Crippen molar-refractivity contribution in [2.24, 2.45) is 5.10 Å². The van der Waals surface area contributed by atoms with E-state index in [9.17, 15) is 4.79 Å². The number of amides is 1. The summed E-state index contributed by atoms with van der Waals surface area (Å²) >= 11 is 0. The highest BCUT2D eigenvalue weighted by Crippen LogP contribution is 2.05. The maximum Gasteiger partial charge on any atom is 0.408 e. The quantitative estimate of drug-likeness (QED) is 0.439. The Morgan fingerprint density at radius 3 is 3.00 bits per heavy atom. The van der Waals surface area contributed by atoms with Crippen LogP contribution in [0.2, 0.25) is 0 Å². The number of carbonyl (C=O) groups excluding carboxylic acids is 1. The molecule has 0 radical (unpaired) electrons. The number of alkyl carbamates (subject to hydrolysis) is 1. The van der Waals surface area contributed by atoms with Crippen LogP contribution in [0.15, 0.2) is 5.10 Å². The molecule has 1 aliphatic rings. The first kappa shape index (κ1) is 9.79. The van der Waals surface area contributed by atoms with Crippen molar-refractivity contribution in [2.45, 2.75) is 12.1 Å². The average molecular weight is 187 g/mol. The topological polar surface area (TPSA) is 74.2 Å². The van der Waals surface area contributed by atoms with Gasteiger partial charge in [-0.3, -0.25) is 0 Å². The van der Waals surface area contributed by atoms with E-state index in [0.29, 0.717) is 0 Å². The molecule has 6 heteroatoms. The van der Waals surface area contributed by atoms with Crippen molar-refractivity contribution in [3.63, 3.8) is 0 Å². The molecule has 0 aromatic carbocycles. The van der Waals surface area contributed by atoms with Gasteiger partial charge in [0.1, 0.15) is 0 Å². The normalized spacial score (nSPS) is 27.5. The van der Waals surface area contributed by atoms with Crippen molar-refractivity contribution in [1.82, 2.24) is 10.3 Å². The molecule has 2 N–H and O–H groups in total. The molecule has 0 bridgehead atoms. The second-order valence-electron chi connectivity index (χ2n) is 2.92. The summed E-state index contributed by atoms with van der Waals surface area (Å²) in [6.45, 7) is -0.157. The Labute approximate surface area is 76.2 Å². The van der Waals surface area contributed by atoms with E-state index < -0.39 is 18.2 Å². The molecular formula is C7H13N3O3. The van der Waals surface area contributed by atoms with Crippen molar-refractivity contribution >= 4 is 12.3 Å². The van der Waals surface area contributed by atoms with Crippen molar-refractivity contribution < 1.29 is 14.6 Å². The highest BCUT2D eigenvalue weighted by molar-refractivity contribution is 5.77. The van der Waals surface area contributed by atoms with E-state index >= 15 is 0 Å². The Morgan fingerprint density at radius 2 is 2.46 bits per heavy atom. The number of hydrogen-bond donors (Lipinski definition) is 2. The van der Waals surface area contributed by atoms with Crippen LogP contribution in [0.4, 0.5) is 4.79 Å². The lowest BCUT2D eigenvalue weighted by Crippen LogP contribution is -2.36. The van der Waals surface area contributed by atoms with Crippen LogP contribution < -0.4 is 5.32 Å². The molecule has 0 unspecified atom stereocenters. The summed E-state index contributed by atoms with van der Waals surface area (Å²) in [4.78, 5) is 10.7. The minimum absolute atomic E-state index is 0.157. The van der Waals surface area contributed by atoms with Crippen LogP contribution in [0.3, 0.4) is 0 Å². The molecule has 13 heavy (non-hydrogen) atoms. The van der Waals surface area contributed by atoms with Gasteiger partial charge in [0.25, 0.3) is 0 Å². The first-order chi connectivity index (χ1) is 6.13. The molecule has 0 aliphatic carbocycles. The van der Waals surface area contributed by atoms with Crippen LogP contribution in [0, 0.1) is 0 Å². The number of ether oxygens (including phenoxy) is 1. The van der Waals surface area contributed by atoms with Crippen molar-refractivity contribution in [2.75, 3.05) is 20.7 Å². The Balaban J connectivity index is 2.53. The van der Waals surface area contributed by atoms with E-state index in [4.69, 9.17) is 9.84 Å². The molecule has 6 nitrogen and oxygen atoms in total. The fourth-order valence-electron chi connectivity index (χ4n) is 0.956. The third-order valence-corrected chi connectivity index (χ3v) is 1.58. The third-order valence-electron chi connectivity index (χ3n) is 1.58. The molecule has 1 rings (SSSR count). The predicted octanol–water partition coefficient (Wildman–Crippen LogP) is -0.997. The molecule has 1 amide bonds. The van der Waals surface area contributed by atoms with E-state index in [1.165, 1.54) is 6.21 Å². The standard InChI is InChI=1S/C7H13N3O3/c1-10(2)8-3-6-5(4-11)9-7(12)13-6/h3,5-6,11H,4H2,1-2H3,(H,9,12)/b8-3+/t5-,6-/m1/s1. The number of nitrogens with zero attached hydrogens (tertiary/aromatic N) is 2. The molecule has 0 aromatic rings. The van der Waals surface area contributed by atoms with E-state index in [1.807, 2.05) is 0 Å². The number of aliphatic hydroxyl groups is 1. The highest BCUT2D eigenvalue weighted by Gasteiger charge is 2.32. The maximum atomic E-state index is 10.7. The fraction of sp³-hybridized carbons (Fsp3) is 0.714. The van der Waals surface area contributed by atoms with E-state index in [1.54, 1.807) is 19.1 Å². The second-order valence-corrected chi connectivity index (χ2v) is 2.92. The lowest BCUT2D eigenvalue weighted by atomic mass is 10.2. The monoisotopic (exact) mass is 187 g/mol. The summed E-state index contributed by atoms with van der Waals surface area (Å²) in [5, 5.41) is 16.8. The predicted molar refractivity (Wildman–Crippen MR) is 46.5 cm³/mol. The average Bonchev–Trinajstić information content (AvgIpc) is 2.42. The fourth-order valence-corrected chi connectivity index (χ4v) is 0.956. The van der Waals surface area contributed by atoms with Crippen molar-refractivity contribution in [1.29, 1.82) is 0 Å². The van der Waals surface area contributed by atoms with Gasteiger partial charge in [0.15, 0.2) is 6.10 Å². The summed E-state index contributed by atoms with van der Waals surface area (Å²) in [6.07, 6.45) is 0.479. The summed E-state index contributed by atoms with van der Waals surface area (Å²) in [7, 11) is 3.52. The molecular weight excluding hydrogens is 174 g/mol. The van der Waals surface area contributed by atoms with Gasteiger partial charge < -0.3 is 20.2 Å². The van der Waals surface area contributed by atoms with Gasteiger partial charge in [0.05, 0.1) is 18.9 Å². The van der Waals surface area contributed by atoms with Crippen LogP contribution in [0.5, 0.6) is 0 Å². The zero-order chi connectivity index (χ0) is 9.84. The molecule has 2 atom stereocenters. The van der Waals surface area contributed by atoms with Gasteiger partial charge in [-0.1, -0.05) is 0 Å². The molecule has 1 fully saturated rings. The third kappa shape index (κ3) is 2.59. The van der Waals surface area contributed by atoms with Gasteiger partial charge in [-0.2, -0.15) is 5.10 Å². The number of hydrogen-bond acceptors (Lipinski definition) is 5. The van der Waals surface area contributed by atoms with Crippen molar-refractivity contribution in [3.05, 3.63) is 0 Å². The first-order valence-electron chi connectivity index (χ1n) is 3.93. The summed E-state index contributed by atoms with van der Waals surface area (Å²) in [5.41, 5.74) is 0. The molecule has 74 valence electrons. The zero-order valence-corrected chi connectivity index (χ0v) is 7.60. The van der Waals surface area contributed by atoms with Crippen LogP contribution in [0.25, 0.3) is 0 Å². The van der Waals surface area contributed by atoms with Gasteiger partial charge >= 0.3 is 6.09 Å². The summed E-state index contributed by atoms with van der Waals surface area (Å²) in [5.74, 6) is 0. The highest BCUT2D eigenvalue weighted by atomic mass is 16.6. The Hall–Kier alpha value is -1.30. The SMILES string of the molecule is CN(C)/N=C/[C@H]1OC(=O)N[C@@H]1CO. The Kier molecular flexibility index (Phi) is 3.07. The Bertz CT molecular complexity index is 217. The first-order valence-corrected chi connectivity index (χ1v) is 3.93. The number of nitrogens with one attached hydrogen (secondary N) is 1. The van der Waals surface area contributed by atoms with Crippen LogP contribution in [0.1, 0.15) is 0 Å². The molecule has 1 aliphatic heterocycles. The van der Waals surface area contributed by atoms with Crippen LogP contribution in [-0.4, -0.2) is 55.3 Å². The number of cyclic esters (lactones) is 1. The van der Waals surface area contributed by atoms with Crippen LogP contribution >= 0.6 is 0 Å². The number of rotatable bonds is 3. The van der Waals surface area contributed by atoms with Gasteiger partial charge in [0, 0.05) is 14.1 Å². The molecule has 0 aromatic heterocycles. The molecule has 0 saturated carbocycles. The summed E-state index contributed by atoms with van der Waals surface area (Å²) in [6, 6.07) is -0.392. The van der Waals surface area contributed by atoms with Gasteiger partial charge in [0.2, 0.25) is 0 Å². The van der Waals surface area contributed by atoms with Gasteiger partial charge in [-0.15, -0.1) is 0 Å². The molecule has 0 spiro atoms. The minimum Gasteiger partial charge on any atom is -0.438 e. The smallest absolute Gasteiger partial charge is 0.408 e. The molecule has 1 saturated heterocycles. The Morgan fingerprint density at radius 1 is 1.77 bits per heavy atom. The van der Waals surface area contributed by atoms with E-state index in [2.05, 4.69) is 10.4 Å². The zero-order valence-electron chi connectivity index (χ0n) is 7.60. The largest absolute Gasteiger partial charge is 0.438 e. The number of aliphatic hydroxyl groups excluding tert-OH is 1. The molecule has 1 heterocycles. The number of carbonyl (C=O) groups is 1. The summed E-state index contributed by atoms with van der Waals surface area (Å²) < 4.78 is 4.83. The van der Waals surface area contributed by atoms with E-state index in [0.717, 1.165) is 0 Å². The van der Waals surface area contributed by atoms with Gasteiger partial charge in [-0.05, 0) is 0 Å². The van der Waals surface area contributed by atoms with Crippen LogP contribution in [-0.2, 0) is 4.74 Å². The number of hydrazone groups is 1.